The molecular weight excluding hydrogens is 534 g/mol. The van der Waals surface area contributed by atoms with Gasteiger partial charge in [0.1, 0.15) is 5.75 Å². The third-order valence-corrected chi connectivity index (χ3v) is 9.16. The average Bonchev–Trinajstić information content (AvgIpc) is 2.97. The summed E-state index contributed by atoms with van der Waals surface area (Å²) < 4.78 is 35.7. The lowest BCUT2D eigenvalue weighted by atomic mass is 9.97. The first-order valence-electron chi connectivity index (χ1n) is 14.0. The highest BCUT2D eigenvalue weighted by atomic mass is 32.2. The lowest BCUT2D eigenvalue weighted by molar-refractivity contribution is -0.122. The molecule has 5 rings (SSSR count). The van der Waals surface area contributed by atoms with E-state index in [1.54, 1.807) is 18.2 Å². The molecule has 4 aromatic carbocycles. The molecule has 41 heavy (non-hydrogen) atoms. The summed E-state index contributed by atoms with van der Waals surface area (Å²) in [5.41, 5.74) is 2.81. The molecule has 0 fully saturated rings. The van der Waals surface area contributed by atoms with Crippen molar-refractivity contribution in [3.8, 4) is 5.75 Å². The highest BCUT2D eigenvalue weighted by molar-refractivity contribution is 7.89. The molecule has 214 valence electrons. The maximum atomic E-state index is 13.5. The maximum Gasteiger partial charge on any atom is 0.241 e. The smallest absolute Gasteiger partial charge is 0.241 e. The topological polar surface area (TPSA) is 87.7 Å². The van der Waals surface area contributed by atoms with Crippen molar-refractivity contribution in [1.29, 1.82) is 0 Å². The van der Waals surface area contributed by atoms with E-state index in [1.807, 2.05) is 60.7 Å². The second kappa shape index (κ2) is 12.4. The van der Waals surface area contributed by atoms with Crippen LogP contribution < -0.4 is 14.8 Å². The van der Waals surface area contributed by atoms with Gasteiger partial charge in [-0.25, -0.2) is 13.1 Å². The van der Waals surface area contributed by atoms with Crippen molar-refractivity contribution < 1.29 is 17.9 Å². The van der Waals surface area contributed by atoms with E-state index in [0.29, 0.717) is 19.1 Å². The Kier molecular flexibility index (Phi) is 8.73. The quantitative estimate of drug-likeness (QED) is 0.254. The minimum atomic E-state index is -3.90. The molecule has 0 spiro atoms. The molecule has 1 aliphatic rings. The molecule has 0 aromatic heterocycles. The van der Waals surface area contributed by atoms with Crippen molar-refractivity contribution in [2.24, 2.45) is 0 Å². The van der Waals surface area contributed by atoms with Crippen molar-refractivity contribution in [3.63, 3.8) is 0 Å². The summed E-state index contributed by atoms with van der Waals surface area (Å²) in [7, 11) is -1.81. The van der Waals surface area contributed by atoms with Crippen molar-refractivity contribution in [3.05, 3.63) is 108 Å². The van der Waals surface area contributed by atoms with Crippen LogP contribution in [0.15, 0.2) is 95.9 Å². The molecule has 2 atom stereocenters. The number of nitrogens with zero attached hydrogens (tertiary/aromatic N) is 1. The Hall–Kier alpha value is -3.72. The lowest BCUT2D eigenvalue weighted by Crippen LogP contribution is -2.36. The Morgan fingerprint density at radius 1 is 0.951 bits per heavy atom. The van der Waals surface area contributed by atoms with Gasteiger partial charge in [0, 0.05) is 31.0 Å². The van der Waals surface area contributed by atoms with Crippen LogP contribution in [0.1, 0.15) is 55.5 Å². The highest BCUT2D eigenvalue weighted by Crippen LogP contribution is 2.34. The summed E-state index contributed by atoms with van der Waals surface area (Å²) in [6.45, 7) is 5.62. The number of ether oxygens (including phenoxy) is 1. The van der Waals surface area contributed by atoms with Gasteiger partial charge in [-0.15, -0.1) is 0 Å². The predicted octanol–water partition coefficient (Wildman–Crippen LogP) is 5.73. The van der Waals surface area contributed by atoms with E-state index in [4.69, 9.17) is 4.74 Å². The minimum Gasteiger partial charge on any atom is -0.493 e. The fourth-order valence-corrected chi connectivity index (χ4v) is 6.35. The van der Waals surface area contributed by atoms with Crippen LogP contribution >= 0.6 is 0 Å². The van der Waals surface area contributed by atoms with E-state index in [1.165, 1.54) is 0 Å². The molecule has 1 amide bonds. The molecule has 2 N–H and O–H groups in total. The van der Waals surface area contributed by atoms with E-state index >= 15 is 0 Å². The van der Waals surface area contributed by atoms with Gasteiger partial charge in [0.2, 0.25) is 15.9 Å². The molecule has 8 heteroatoms. The van der Waals surface area contributed by atoms with Crippen LogP contribution in [0.2, 0.25) is 0 Å². The molecule has 0 radical (unpaired) electrons. The number of carbonyl (C=O) groups is 1. The van der Waals surface area contributed by atoms with Gasteiger partial charge >= 0.3 is 0 Å². The van der Waals surface area contributed by atoms with Crippen LogP contribution in [0.3, 0.4) is 0 Å². The second-order valence-electron chi connectivity index (χ2n) is 10.9. The lowest BCUT2D eigenvalue weighted by Gasteiger charge is -2.29. The SMILES string of the molecule is CC(C)N(C)Cc1ccc2c(c1)OCCC2NC(=O)C[C@@H](NS(=O)(=O)c1ccc2ccccc2c1)c1ccccc1. The number of fused-ring (bicyclic) bond motifs is 2. The van der Waals surface area contributed by atoms with Crippen LogP contribution in [-0.4, -0.2) is 38.9 Å². The number of hydrogen-bond donors (Lipinski definition) is 2. The summed E-state index contributed by atoms with van der Waals surface area (Å²) in [5.74, 6) is 0.550. The zero-order chi connectivity index (χ0) is 29.0. The van der Waals surface area contributed by atoms with E-state index in [0.717, 1.165) is 39.8 Å². The highest BCUT2D eigenvalue weighted by Gasteiger charge is 2.27. The Morgan fingerprint density at radius 3 is 2.44 bits per heavy atom. The Morgan fingerprint density at radius 2 is 1.68 bits per heavy atom. The molecule has 0 saturated heterocycles. The number of amides is 1. The summed E-state index contributed by atoms with van der Waals surface area (Å²) in [6, 6.07) is 27.5. The summed E-state index contributed by atoms with van der Waals surface area (Å²) in [5, 5.41) is 4.93. The standard InChI is InChI=1S/C33H37N3O4S/c1-23(2)36(3)22-24-13-16-29-30(17-18-40-32(29)19-24)34-33(37)21-31(26-10-5-4-6-11-26)35-41(38,39)28-15-14-25-9-7-8-12-27(25)20-28/h4-16,19-20,23,30-31,35H,17-18,21-22H2,1-3H3,(H,34,37)/t30?,31-/m1/s1. The predicted molar refractivity (Wildman–Crippen MR) is 162 cm³/mol. The first-order chi connectivity index (χ1) is 19.7. The zero-order valence-corrected chi connectivity index (χ0v) is 24.5. The first kappa shape index (κ1) is 28.8. The fraction of sp³-hybridized carbons (Fsp3) is 0.303. The summed E-state index contributed by atoms with van der Waals surface area (Å²) in [4.78, 5) is 15.8. The van der Waals surface area contributed by atoms with Crippen molar-refractivity contribution in [2.75, 3.05) is 13.7 Å². The monoisotopic (exact) mass is 571 g/mol. The van der Waals surface area contributed by atoms with Gasteiger partial charge < -0.3 is 10.1 Å². The second-order valence-corrected chi connectivity index (χ2v) is 12.6. The average molecular weight is 572 g/mol. The van der Waals surface area contributed by atoms with Crippen molar-refractivity contribution >= 4 is 26.7 Å². The van der Waals surface area contributed by atoms with Crippen LogP contribution in [0, 0.1) is 0 Å². The third-order valence-electron chi connectivity index (χ3n) is 7.69. The molecule has 7 nitrogen and oxygen atoms in total. The Bertz CT molecular complexity index is 1620. The van der Waals surface area contributed by atoms with Gasteiger partial charge in [0.15, 0.2) is 0 Å². The van der Waals surface area contributed by atoms with Gasteiger partial charge in [-0.05, 0) is 61.0 Å². The molecule has 1 aliphatic heterocycles. The van der Waals surface area contributed by atoms with E-state index < -0.39 is 16.1 Å². The number of rotatable bonds is 10. The van der Waals surface area contributed by atoms with E-state index in [2.05, 4.69) is 48.0 Å². The molecule has 4 aromatic rings. The minimum absolute atomic E-state index is 0.0409. The molecule has 1 unspecified atom stereocenters. The molecular formula is C33H37N3O4S. The molecule has 0 aliphatic carbocycles. The van der Waals surface area contributed by atoms with Crippen molar-refractivity contribution in [1.82, 2.24) is 14.9 Å². The Labute approximate surface area is 242 Å². The van der Waals surface area contributed by atoms with Crippen LogP contribution in [0.4, 0.5) is 0 Å². The van der Waals surface area contributed by atoms with E-state index in [-0.39, 0.29) is 23.3 Å². The summed E-state index contributed by atoms with van der Waals surface area (Å²) >= 11 is 0. The van der Waals surface area contributed by atoms with Gasteiger partial charge in [0.05, 0.1) is 23.6 Å². The van der Waals surface area contributed by atoms with Gasteiger partial charge in [0.25, 0.3) is 0 Å². The Balaban J connectivity index is 1.33. The fourth-order valence-electron chi connectivity index (χ4n) is 5.09. The normalized spacial score (nSPS) is 15.9. The largest absolute Gasteiger partial charge is 0.493 e. The molecule has 1 heterocycles. The number of nitrogens with one attached hydrogen (secondary N) is 2. The maximum absolute atomic E-state index is 13.5. The van der Waals surface area contributed by atoms with Crippen LogP contribution in [0.25, 0.3) is 10.8 Å². The third kappa shape index (κ3) is 6.96. The first-order valence-corrected chi connectivity index (χ1v) is 15.5. The number of hydrogen-bond acceptors (Lipinski definition) is 5. The summed E-state index contributed by atoms with van der Waals surface area (Å²) in [6.07, 6.45) is 0.601. The van der Waals surface area contributed by atoms with Gasteiger partial charge in [-0.1, -0.05) is 72.8 Å². The van der Waals surface area contributed by atoms with Crippen LogP contribution in [0.5, 0.6) is 5.75 Å². The van der Waals surface area contributed by atoms with E-state index in [9.17, 15) is 13.2 Å². The number of carbonyl (C=O) groups excluding carboxylic acids is 1. The molecule has 0 bridgehead atoms. The van der Waals surface area contributed by atoms with Gasteiger partial charge in [-0.2, -0.15) is 0 Å². The van der Waals surface area contributed by atoms with Crippen LogP contribution in [-0.2, 0) is 21.4 Å². The van der Waals surface area contributed by atoms with Gasteiger partial charge in [-0.3, -0.25) is 9.69 Å². The van der Waals surface area contributed by atoms with Crippen molar-refractivity contribution in [2.45, 2.75) is 56.3 Å². The number of sulfonamides is 1. The zero-order valence-electron chi connectivity index (χ0n) is 23.7. The number of benzene rings is 4. The molecule has 0 saturated carbocycles.